The van der Waals surface area contributed by atoms with Crippen molar-refractivity contribution in [2.75, 3.05) is 12.4 Å². The molecule has 0 aliphatic carbocycles. The Morgan fingerprint density at radius 1 is 1.15 bits per heavy atom. The van der Waals surface area contributed by atoms with Gasteiger partial charge in [-0.05, 0) is 36.4 Å². The first-order valence-corrected chi connectivity index (χ1v) is 9.50. The van der Waals surface area contributed by atoms with Gasteiger partial charge in [0.2, 0.25) is 5.78 Å². The fraction of sp³-hybridized carbons (Fsp3) is 0.167. The second kappa shape index (κ2) is 7.59. The third-order valence-electron chi connectivity index (χ3n) is 3.61. The smallest absolute Gasteiger partial charge is 0.264 e. The van der Waals surface area contributed by atoms with Crippen LogP contribution in [0, 0.1) is 0 Å². The lowest BCUT2D eigenvalue weighted by atomic mass is 10.3. The predicted molar refractivity (Wildman–Crippen MR) is 96.7 cm³/mol. The number of aliphatic hydroxyl groups is 1. The molecule has 0 saturated heterocycles. The highest BCUT2D eigenvalue weighted by molar-refractivity contribution is 7.91. The molecule has 0 bridgehead atoms. The number of hydrogen-bond donors (Lipinski definition) is 1. The first-order valence-electron chi connectivity index (χ1n) is 7.84. The monoisotopic (exact) mass is 372 g/mol. The summed E-state index contributed by atoms with van der Waals surface area (Å²) in [5.74, 6) is -0.593. The van der Waals surface area contributed by atoms with Crippen LogP contribution in [0.4, 0.5) is 5.69 Å². The van der Waals surface area contributed by atoms with Gasteiger partial charge in [-0.2, -0.15) is 0 Å². The van der Waals surface area contributed by atoms with E-state index in [1.54, 1.807) is 18.2 Å². The summed E-state index contributed by atoms with van der Waals surface area (Å²) in [6.45, 7) is -0.430. The molecule has 0 aliphatic rings. The third kappa shape index (κ3) is 4.04. The number of rotatable bonds is 7. The molecule has 26 heavy (non-hydrogen) atoms. The van der Waals surface area contributed by atoms with Crippen molar-refractivity contribution in [2.24, 2.45) is 4.99 Å². The zero-order valence-corrected chi connectivity index (χ0v) is 14.5. The Bertz CT molecular complexity index is 1020. The zero-order valence-electron chi connectivity index (χ0n) is 13.7. The van der Waals surface area contributed by atoms with Crippen molar-refractivity contribution < 1.29 is 22.7 Å². The summed E-state index contributed by atoms with van der Waals surface area (Å²) in [7, 11) is -3.49. The Morgan fingerprint density at radius 3 is 2.58 bits per heavy atom. The lowest BCUT2D eigenvalue weighted by molar-refractivity contribution is 0.0971. The van der Waals surface area contributed by atoms with Gasteiger partial charge in [-0.1, -0.05) is 12.1 Å². The first kappa shape index (κ1) is 18.0. The summed E-state index contributed by atoms with van der Waals surface area (Å²) < 4.78 is 29.0. The standard InChI is InChI=1S/C18H16N2O5S/c21-11-12-26(23,24)14-7-5-13(6-8-14)19-10-9-16(22)18-20-15-3-1-2-4-17(15)25-18/h1-8,10,21H,9,11-12H2. The Kier molecular flexibility index (Phi) is 5.24. The molecule has 0 fully saturated rings. The van der Waals surface area contributed by atoms with Gasteiger partial charge in [0.25, 0.3) is 5.89 Å². The van der Waals surface area contributed by atoms with Crippen molar-refractivity contribution in [3.05, 3.63) is 54.4 Å². The highest BCUT2D eigenvalue weighted by Gasteiger charge is 2.14. The molecule has 1 aromatic heterocycles. The Labute approximate surface area is 149 Å². The summed E-state index contributed by atoms with van der Waals surface area (Å²) >= 11 is 0. The molecule has 3 aromatic rings. The summed E-state index contributed by atoms with van der Waals surface area (Å²) in [6.07, 6.45) is 1.44. The number of aliphatic hydroxyl groups excluding tert-OH is 1. The SMILES string of the molecule is O=C(CC=Nc1ccc(S(=O)(=O)CCO)cc1)c1nc2ccccc2o1. The minimum atomic E-state index is -3.49. The molecule has 0 radical (unpaired) electrons. The van der Waals surface area contributed by atoms with Crippen LogP contribution in [0.2, 0.25) is 0 Å². The predicted octanol–water partition coefficient (Wildman–Crippen LogP) is 2.57. The molecule has 0 unspecified atom stereocenters. The molecular formula is C18H16N2O5S. The molecule has 0 spiro atoms. The van der Waals surface area contributed by atoms with E-state index in [4.69, 9.17) is 9.52 Å². The molecule has 3 rings (SSSR count). The van der Waals surface area contributed by atoms with Crippen LogP contribution >= 0.6 is 0 Å². The molecule has 0 saturated carbocycles. The number of Topliss-reactive ketones (excluding diaryl/α,β-unsaturated/α-hetero) is 1. The van der Waals surface area contributed by atoms with Crippen molar-refractivity contribution in [3.8, 4) is 0 Å². The van der Waals surface area contributed by atoms with Crippen molar-refractivity contribution in [3.63, 3.8) is 0 Å². The minimum Gasteiger partial charge on any atom is -0.434 e. The molecule has 0 atom stereocenters. The van der Waals surface area contributed by atoms with E-state index < -0.39 is 16.4 Å². The number of ketones is 1. The molecule has 7 nitrogen and oxygen atoms in total. The Balaban J connectivity index is 1.65. The maximum Gasteiger partial charge on any atom is 0.264 e. The van der Waals surface area contributed by atoms with E-state index >= 15 is 0 Å². The molecule has 1 N–H and O–H groups in total. The van der Waals surface area contributed by atoms with Gasteiger partial charge < -0.3 is 9.52 Å². The molecule has 1 heterocycles. The average Bonchev–Trinajstić information content (AvgIpc) is 3.06. The van der Waals surface area contributed by atoms with Gasteiger partial charge in [0.15, 0.2) is 15.4 Å². The number of carbonyl (C=O) groups is 1. The number of oxazole rings is 1. The summed E-state index contributed by atoms with van der Waals surface area (Å²) in [6, 6.07) is 13.0. The van der Waals surface area contributed by atoms with E-state index in [0.717, 1.165) is 0 Å². The molecular weight excluding hydrogens is 356 g/mol. The maximum absolute atomic E-state index is 12.1. The summed E-state index contributed by atoms with van der Waals surface area (Å²) in [5.41, 5.74) is 1.68. The molecule has 0 aliphatic heterocycles. The van der Waals surface area contributed by atoms with Crippen LogP contribution in [-0.4, -0.2) is 42.9 Å². The topological polar surface area (TPSA) is 110 Å². The fourth-order valence-electron chi connectivity index (χ4n) is 2.29. The van der Waals surface area contributed by atoms with Crippen molar-refractivity contribution >= 4 is 38.6 Å². The van der Waals surface area contributed by atoms with Crippen LogP contribution in [0.15, 0.2) is 62.8 Å². The average molecular weight is 372 g/mol. The highest BCUT2D eigenvalue weighted by Crippen LogP contribution is 2.18. The molecule has 134 valence electrons. The number of carbonyl (C=O) groups excluding carboxylic acids is 1. The maximum atomic E-state index is 12.1. The van der Waals surface area contributed by atoms with Gasteiger partial charge in [-0.25, -0.2) is 13.4 Å². The van der Waals surface area contributed by atoms with E-state index in [2.05, 4.69) is 9.98 Å². The lowest BCUT2D eigenvalue weighted by Crippen LogP contribution is -2.09. The largest absolute Gasteiger partial charge is 0.434 e. The summed E-state index contributed by atoms with van der Waals surface area (Å²) in [5, 5.41) is 8.78. The molecule has 8 heteroatoms. The van der Waals surface area contributed by atoms with Crippen molar-refractivity contribution in [1.82, 2.24) is 4.98 Å². The Morgan fingerprint density at radius 2 is 1.88 bits per heavy atom. The van der Waals surface area contributed by atoms with Gasteiger partial charge in [0.1, 0.15) is 5.52 Å². The number of hydrogen-bond acceptors (Lipinski definition) is 7. The van der Waals surface area contributed by atoms with Gasteiger partial charge in [-0.15, -0.1) is 0 Å². The zero-order chi connectivity index (χ0) is 18.6. The number of para-hydroxylation sites is 2. The van der Waals surface area contributed by atoms with Crippen molar-refractivity contribution in [2.45, 2.75) is 11.3 Å². The van der Waals surface area contributed by atoms with Crippen LogP contribution in [0.1, 0.15) is 17.1 Å². The first-order chi connectivity index (χ1) is 12.5. The van der Waals surface area contributed by atoms with Gasteiger partial charge >= 0.3 is 0 Å². The molecule has 2 aromatic carbocycles. The number of fused-ring (bicyclic) bond motifs is 1. The van der Waals surface area contributed by atoms with E-state index in [-0.39, 0.29) is 28.7 Å². The van der Waals surface area contributed by atoms with E-state index in [1.807, 2.05) is 6.07 Å². The highest BCUT2D eigenvalue weighted by atomic mass is 32.2. The van der Waals surface area contributed by atoms with Gasteiger partial charge in [0.05, 0.1) is 29.4 Å². The second-order valence-electron chi connectivity index (χ2n) is 5.46. The number of nitrogens with zero attached hydrogens (tertiary/aromatic N) is 2. The number of aliphatic imine (C=N–C) groups is 1. The number of aromatic nitrogens is 1. The lowest BCUT2D eigenvalue weighted by Gasteiger charge is -2.02. The van der Waals surface area contributed by atoms with Crippen LogP contribution in [0.3, 0.4) is 0 Å². The van der Waals surface area contributed by atoms with Crippen LogP contribution < -0.4 is 0 Å². The normalized spacial score (nSPS) is 12.0. The third-order valence-corrected chi connectivity index (χ3v) is 5.32. The second-order valence-corrected chi connectivity index (χ2v) is 7.57. The van der Waals surface area contributed by atoms with Gasteiger partial charge in [0, 0.05) is 6.21 Å². The fourth-order valence-corrected chi connectivity index (χ4v) is 3.32. The van der Waals surface area contributed by atoms with E-state index in [1.165, 1.54) is 30.5 Å². The van der Waals surface area contributed by atoms with Crippen LogP contribution in [0.5, 0.6) is 0 Å². The Hall–Kier alpha value is -2.84. The minimum absolute atomic E-state index is 0.0113. The number of sulfone groups is 1. The molecule has 0 amide bonds. The number of benzene rings is 2. The van der Waals surface area contributed by atoms with E-state index in [0.29, 0.717) is 16.8 Å². The van der Waals surface area contributed by atoms with E-state index in [9.17, 15) is 13.2 Å². The van der Waals surface area contributed by atoms with Crippen LogP contribution in [-0.2, 0) is 9.84 Å². The quantitative estimate of drug-likeness (QED) is 0.504. The van der Waals surface area contributed by atoms with Gasteiger partial charge in [-0.3, -0.25) is 9.79 Å². The van der Waals surface area contributed by atoms with Crippen LogP contribution in [0.25, 0.3) is 11.1 Å². The van der Waals surface area contributed by atoms with Crippen molar-refractivity contribution in [1.29, 1.82) is 0 Å². The summed E-state index contributed by atoms with van der Waals surface area (Å²) in [4.78, 5) is 20.5.